The van der Waals surface area contributed by atoms with E-state index in [0.29, 0.717) is 0 Å². The third-order valence-electron chi connectivity index (χ3n) is 3.13. The van der Waals surface area contributed by atoms with Crippen LogP contribution in [0.3, 0.4) is 0 Å². The molecule has 0 aromatic carbocycles. The number of rotatable bonds is 9. The van der Waals surface area contributed by atoms with Crippen molar-refractivity contribution in [3.63, 3.8) is 0 Å². The number of aryl methyl sites for hydroxylation is 1. The van der Waals surface area contributed by atoms with Gasteiger partial charge in [0.2, 0.25) is 0 Å². The summed E-state index contributed by atoms with van der Waals surface area (Å²) in [6.45, 7) is 13.0. The second-order valence-electron chi connectivity index (χ2n) is 4.20. The molecule has 0 bridgehead atoms. The van der Waals surface area contributed by atoms with Crippen LogP contribution in [0.2, 0.25) is 0 Å². The quantitative estimate of drug-likeness (QED) is 0.712. The van der Waals surface area contributed by atoms with Gasteiger partial charge in [0.1, 0.15) is 0 Å². The molecule has 0 spiro atoms. The Labute approximate surface area is 129 Å². The minimum Gasteiger partial charge on any atom is -0.311 e. The first-order valence-corrected chi connectivity index (χ1v) is 6.75. The normalized spacial score (nSPS) is 10.1. The fraction of sp³-hybridized carbons (Fsp3) is 0.769. The summed E-state index contributed by atoms with van der Waals surface area (Å²) in [4.78, 5) is 2.46. The van der Waals surface area contributed by atoms with Crippen molar-refractivity contribution in [2.45, 2.75) is 40.3 Å². The van der Waals surface area contributed by atoms with Crippen molar-refractivity contribution >= 4 is 24.8 Å². The van der Waals surface area contributed by atoms with E-state index < -0.39 is 0 Å². The number of nitrogens with zero attached hydrogens (tertiary/aromatic N) is 3. The van der Waals surface area contributed by atoms with Crippen molar-refractivity contribution in [1.82, 2.24) is 20.0 Å². The number of nitrogens with one attached hydrogen (secondary N) is 1. The molecule has 0 unspecified atom stereocenters. The molecule has 114 valence electrons. The predicted molar refractivity (Wildman–Crippen MR) is 86.5 cm³/mol. The molecule has 1 heterocycles. The van der Waals surface area contributed by atoms with Crippen LogP contribution in [0, 0.1) is 0 Å². The molecule has 0 aliphatic rings. The molecular weight excluding hydrogens is 283 g/mol. The summed E-state index contributed by atoms with van der Waals surface area (Å²) in [7, 11) is 0. The number of aromatic nitrogens is 2. The Balaban J connectivity index is 0. The van der Waals surface area contributed by atoms with Crippen molar-refractivity contribution in [2.24, 2.45) is 0 Å². The minimum atomic E-state index is 0. The Bertz CT molecular complexity index is 301. The van der Waals surface area contributed by atoms with Gasteiger partial charge in [-0.2, -0.15) is 5.10 Å². The fourth-order valence-corrected chi connectivity index (χ4v) is 1.98. The van der Waals surface area contributed by atoms with Crippen LogP contribution >= 0.6 is 24.8 Å². The molecule has 19 heavy (non-hydrogen) atoms. The van der Waals surface area contributed by atoms with Gasteiger partial charge in [0, 0.05) is 19.3 Å². The van der Waals surface area contributed by atoms with Crippen LogP contribution in [0.5, 0.6) is 0 Å². The lowest BCUT2D eigenvalue weighted by molar-refractivity contribution is 0.297. The van der Waals surface area contributed by atoms with E-state index in [4.69, 9.17) is 0 Å². The zero-order valence-corrected chi connectivity index (χ0v) is 13.9. The Hall–Kier alpha value is -0.290. The van der Waals surface area contributed by atoms with Crippen LogP contribution in [0.15, 0.2) is 12.3 Å². The molecule has 1 aromatic heterocycles. The largest absolute Gasteiger partial charge is 0.311 e. The molecule has 1 rings (SSSR count). The van der Waals surface area contributed by atoms with E-state index >= 15 is 0 Å². The molecule has 1 N–H and O–H groups in total. The molecule has 0 aliphatic heterocycles. The van der Waals surface area contributed by atoms with Gasteiger partial charge in [-0.25, -0.2) is 0 Å². The van der Waals surface area contributed by atoms with Crippen molar-refractivity contribution < 1.29 is 0 Å². The second-order valence-corrected chi connectivity index (χ2v) is 4.20. The summed E-state index contributed by atoms with van der Waals surface area (Å²) >= 11 is 0. The highest BCUT2D eigenvalue weighted by Crippen LogP contribution is 1.98. The topological polar surface area (TPSA) is 33.1 Å². The van der Waals surface area contributed by atoms with Crippen LogP contribution in [-0.4, -0.2) is 40.9 Å². The van der Waals surface area contributed by atoms with Crippen LogP contribution in [0.25, 0.3) is 0 Å². The third kappa shape index (κ3) is 7.78. The molecule has 4 nitrogen and oxygen atoms in total. The molecule has 0 amide bonds. The first-order valence-electron chi connectivity index (χ1n) is 6.75. The SMILES string of the molecule is CCN(CC)CCCNCc1ccnn1CC.Cl.Cl. The van der Waals surface area contributed by atoms with Gasteiger partial charge in [0.15, 0.2) is 0 Å². The lowest BCUT2D eigenvalue weighted by atomic mass is 10.3. The van der Waals surface area contributed by atoms with E-state index in [2.05, 4.69) is 42.2 Å². The maximum absolute atomic E-state index is 4.26. The highest BCUT2D eigenvalue weighted by atomic mass is 35.5. The molecular formula is C13H28Cl2N4. The van der Waals surface area contributed by atoms with E-state index in [0.717, 1.165) is 32.7 Å². The minimum absolute atomic E-state index is 0. The Morgan fingerprint density at radius 1 is 1.21 bits per heavy atom. The zero-order valence-electron chi connectivity index (χ0n) is 12.3. The molecule has 6 heteroatoms. The summed E-state index contributed by atoms with van der Waals surface area (Å²) in [5.74, 6) is 0. The molecule has 0 saturated heterocycles. The molecule has 0 radical (unpaired) electrons. The number of halogens is 2. The summed E-state index contributed by atoms with van der Waals surface area (Å²) < 4.78 is 2.04. The molecule has 0 aliphatic carbocycles. The maximum Gasteiger partial charge on any atom is 0.0521 e. The average Bonchev–Trinajstić information content (AvgIpc) is 2.81. The summed E-state index contributed by atoms with van der Waals surface area (Å²) in [5, 5.41) is 7.74. The second kappa shape index (κ2) is 12.7. The summed E-state index contributed by atoms with van der Waals surface area (Å²) in [5.41, 5.74) is 1.27. The molecule has 1 aromatic rings. The van der Waals surface area contributed by atoms with Gasteiger partial charge in [-0.1, -0.05) is 13.8 Å². The Morgan fingerprint density at radius 3 is 2.47 bits per heavy atom. The van der Waals surface area contributed by atoms with E-state index in [1.807, 2.05) is 10.9 Å². The van der Waals surface area contributed by atoms with Gasteiger partial charge in [0.25, 0.3) is 0 Å². The van der Waals surface area contributed by atoms with Gasteiger partial charge in [-0.3, -0.25) is 4.68 Å². The summed E-state index contributed by atoms with van der Waals surface area (Å²) in [6.07, 6.45) is 3.08. The standard InChI is InChI=1S/C13H26N4.2ClH/c1-4-16(5-2)11-7-9-14-12-13-8-10-15-17(13)6-3;;/h8,10,14H,4-7,9,11-12H2,1-3H3;2*1H. The van der Waals surface area contributed by atoms with Crippen LogP contribution in [-0.2, 0) is 13.1 Å². The van der Waals surface area contributed by atoms with Crippen molar-refractivity contribution in [3.05, 3.63) is 18.0 Å². The average molecular weight is 311 g/mol. The summed E-state index contributed by atoms with van der Waals surface area (Å²) in [6, 6.07) is 2.08. The monoisotopic (exact) mass is 310 g/mol. The maximum atomic E-state index is 4.26. The van der Waals surface area contributed by atoms with Gasteiger partial charge >= 0.3 is 0 Å². The first-order chi connectivity index (χ1) is 8.31. The van der Waals surface area contributed by atoms with Crippen LogP contribution in [0.4, 0.5) is 0 Å². The van der Waals surface area contributed by atoms with Crippen LogP contribution < -0.4 is 5.32 Å². The van der Waals surface area contributed by atoms with E-state index in [1.54, 1.807) is 0 Å². The van der Waals surface area contributed by atoms with Crippen LogP contribution in [0.1, 0.15) is 32.9 Å². The van der Waals surface area contributed by atoms with Crippen molar-refractivity contribution in [3.8, 4) is 0 Å². The lowest BCUT2D eigenvalue weighted by Gasteiger charge is -2.17. The number of hydrogen-bond acceptors (Lipinski definition) is 3. The molecule has 0 atom stereocenters. The zero-order chi connectivity index (χ0) is 12.5. The highest BCUT2D eigenvalue weighted by Gasteiger charge is 2.00. The Kier molecular flexibility index (Phi) is 14.1. The predicted octanol–water partition coefficient (Wildman–Crippen LogP) is 2.57. The number of hydrogen-bond donors (Lipinski definition) is 1. The lowest BCUT2D eigenvalue weighted by Crippen LogP contribution is -2.27. The van der Waals surface area contributed by atoms with E-state index in [-0.39, 0.29) is 24.8 Å². The highest BCUT2D eigenvalue weighted by molar-refractivity contribution is 5.85. The van der Waals surface area contributed by atoms with Crippen molar-refractivity contribution in [2.75, 3.05) is 26.2 Å². The molecule has 0 fully saturated rings. The fourth-order valence-electron chi connectivity index (χ4n) is 1.98. The van der Waals surface area contributed by atoms with Gasteiger partial charge in [-0.05, 0) is 45.6 Å². The van der Waals surface area contributed by atoms with Gasteiger partial charge < -0.3 is 10.2 Å². The molecule has 0 saturated carbocycles. The first kappa shape index (κ1) is 21.0. The smallest absolute Gasteiger partial charge is 0.0521 e. The van der Waals surface area contributed by atoms with Crippen molar-refractivity contribution in [1.29, 1.82) is 0 Å². The third-order valence-corrected chi connectivity index (χ3v) is 3.13. The van der Waals surface area contributed by atoms with E-state index in [9.17, 15) is 0 Å². The van der Waals surface area contributed by atoms with E-state index in [1.165, 1.54) is 18.7 Å². The van der Waals surface area contributed by atoms with Gasteiger partial charge in [-0.15, -0.1) is 24.8 Å². The van der Waals surface area contributed by atoms with Gasteiger partial charge in [0.05, 0.1) is 5.69 Å². The Morgan fingerprint density at radius 2 is 1.89 bits per heavy atom.